The van der Waals surface area contributed by atoms with Gasteiger partial charge in [-0.15, -0.1) is 0 Å². The van der Waals surface area contributed by atoms with E-state index >= 15 is 0 Å². The molecule has 4 heteroatoms. The van der Waals surface area contributed by atoms with Gasteiger partial charge in [0.1, 0.15) is 0 Å². The van der Waals surface area contributed by atoms with Crippen molar-refractivity contribution in [3.8, 4) is 0 Å². The van der Waals surface area contributed by atoms with Crippen molar-refractivity contribution in [3.63, 3.8) is 0 Å². The predicted octanol–water partition coefficient (Wildman–Crippen LogP) is 3.44. The van der Waals surface area contributed by atoms with Gasteiger partial charge in [-0.2, -0.15) is 0 Å². The monoisotopic (exact) mass is 345 g/mol. The van der Waals surface area contributed by atoms with Gasteiger partial charge < -0.3 is 14.7 Å². The van der Waals surface area contributed by atoms with E-state index < -0.39 is 6.10 Å². The third-order valence-corrected chi connectivity index (χ3v) is 6.43. The van der Waals surface area contributed by atoms with E-state index in [4.69, 9.17) is 4.74 Å². The average molecular weight is 345 g/mol. The third-order valence-electron chi connectivity index (χ3n) is 6.43. The number of ether oxygens (including phenoxy) is 1. The van der Waals surface area contributed by atoms with Crippen LogP contribution in [0.4, 0.5) is 0 Å². The first-order valence-corrected chi connectivity index (χ1v) is 9.38. The summed E-state index contributed by atoms with van der Waals surface area (Å²) < 4.78 is 6.10. The molecule has 0 unspecified atom stereocenters. The van der Waals surface area contributed by atoms with E-state index in [-0.39, 0.29) is 23.3 Å². The molecule has 138 valence electrons. The molecule has 0 fully saturated rings. The van der Waals surface area contributed by atoms with Crippen molar-refractivity contribution in [3.05, 3.63) is 34.6 Å². The number of allylic oxidation sites excluding steroid dienone is 3. The lowest BCUT2D eigenvalue weighted by molar-refractivity contribution is -0.123. The maximum absolute atomic E-state index is 12.3. The van der Waals surface area contributed by atoms with Crippen LogP contribution in [-0.2, 0) is 9.53 Å². The standard InChI is InChI=1S/C21H31NO3/c1-12(2)7-8-25-19-14(4)21(5)11-16-13(3)20(24)22(6)17(16)9-15(21)10-18(19)23/h9-10,12,14,18-19,23H,7-8,11H2,1-6H3/t14-,18+,19+,21+/m0/s1. The van der Waals surface area contributed by atoms with E-state index in [9.17, 15) is 9.90 Å². The smallest absolute Gasteiger partial charge is 0.254 e. The number of carbonyl (C=O) groups is 1. The highest BCUT2D eigenvalue weighted by atomic mass is 16.5. The number of nitrogens with zero attached hydrogens (tertiary/aromatic N) is 1. The molecule has 3 aliphatic rings. The Bertz CT molecular complexity index is 673. The molecular weight excluding hydrogens is 314 g/mol. The molecule has 3 rings (SSSR count). The number of aliphatic hydroxyl groups excluding tert-OH is 1. The molecule has 1 N–H and O–H groups in total. The summed E-state index contributed by atoms with van der Waals surface area (Å²) in [5.74, 6) is 0.849. The Morgan fingerprint density at radius 1 is 1.44 bits per heavy atom. The van der Waals surface area contributed by atoms with Crippen molar-refractivity contribution in [1.82, 2.24) is 4.90 Å². The molecule has 1 amide bonds. The topological polar surface area (TPSA) is 49.8 Å². The summed E-state index contributed by atoms with van der Waals surface area (Å²) >= 11 is 0. The normalized spacial score (nSPS) is 35.0. The summed E-state index contributed by atoms with van der Waals surface area (Å²) in [5, 5.41) is 10.6. The van der Waals surface area contributed by atoms with Gasteiger partial charge in [0.05, 0.1) is 12.2 Å². The minimum absolute atomic E-state index is 0.0852. The number of hydrogen-bond acceptors (Lipinski definition) is 3. The SMILES string of the molecule is CC1=C2C[C@@]3(C)C(=C[C@@H](O)[C@H](OCCC(C)C)[C@@H]3C)C=C2N(C)C1=O. The molecule has 2 aliphatic carbocycles. The fourth-order valence-corrected chi connectivity index (χ4v) is 4.36. The molecule has 1 aliphatic heterocycles. The Labute approximate surface area is 151 Å². The van der Waals surface area contributed by atoms with Crippen molar-refractivity contribution in [1.29, 1.82) is 0 Å². The van der Waals surface area contributed by atoms with Crippen molar-refractivity contribution >= 4 is 5.91 Å². The van der Waals surface area contributed by atoms with Gasteiger partial charge in [0, 0.05) is 30.3 Å². The van der Waals surface area contributed by atoms with E-state index in [0.717, 1.165) is 35.3 Å². The fourth-order valence-electron chi connectivity index (χ4n) is 4.36. The number of rotatable bonds is 4. The van der Waals surface area contributed by atoms with Crippen molar-refractivity contribution in [2.24, 2.45) is 17.3 Å². The van der Waals surface area contributed by atoms with Gasteiger partial charge in [-0.05, 0) is 54.9 Å². The highest BCUT2D eigenvalue weighted by Gasteiger charge is 2.49. The lowest BCUT2D eigenvalue weighted by Gasteiger charge is -2.48. The molecule has 1 heterocycles. The van der Waals surface area contributed by atoms with E-state index in [2.05, 4.69) is 33.8 Å². The highest BCUT2D eigenvalue weighted by Crippen LogP contribution is 2.54. The summed E-state index contributed by atoms with van der Waals surface area (Å²) in [5.41, 5.74) is 4.00. The molecule has 0 aromatic rings. The van der Waals surface area contributed by atoms with Crippen LogP contribution in [-0.4, -0.2) is 41.8 Å². The first-order chi connectivity index (χ1) is 11.7. The Balaban J connectivity index is 1.92. The molecule has 0 aromatic carbocycles. The quantitative estimate of drug-likeness (QED) is 0.849. The lowest BCUT2D eigenvalue weighted by atomic mass is 9.59. The van der Waals surface area contributed by atoms with Crippen LogP contribution in [0.2, 0.25) is 0 Å². The second-order valence-corrected chi connectivity index (χ2v) is 8.51. The largest absolute Gasteiger partial charge is 0.386 e. The zero-order valence-electron chi connectivity index (χ0n) is 16.3. The second kappa shape index (κ2) is 6.40. The molecular formula is C21H31NO3. The Morgan fingerprint density at radius 2 is 2.12 bits per heavy atom. The molecule has 0 bridgehead atoms. The van der Waals surface area contributed by atoms with Gasteiger partial charge >= 0.3 is 0 Å². The van der Waals surface area contributed by atoms with Crippen molar-refractivity contribution < 1.29 is 14.6 Å². The van der Waals surface area contributed by atoms with Gasteiger partial charge in [-0.25, -0.2) is 0 Å². The van der Waals surface area contributed by atoms with Gasteiger partial charge in [0.2, 0.25) is 0 Å². The first kappa shape index (κ1) is 18.4. The van der Waals surface area contributed by atoms with Crippen LogP contribution in [0.15, 0.2) is 34.6 Å². The summed E-state index contributed by atoms with van der Waals surface area (Å²) in [7, 11) is 1.83. The van der Waals surface area contributed by atoms with Crippen molar-refractivity contribution in [2.75, 3.05) is 13.7 Å². The van der Waals surface area contributed by atoms with Gasteiger partial charge in [0.25, 0.3) is 5.91 Å². The zero-order chi connectivity index (χ0) is 18.5. The lowest BCUT2D eigenvalue weighted by Crippen LogP contribution is -2.48. The first-order valence-electron chi connectivity index (χ1n) is 9.38. The van der Waals surface area contributed by atoms with E-state index in [1.165, 1.54) is 0 Å². The van der Waals surface area contributed by atoms with Crippen LogP contribution >= 0.6 is 0 Å². The molecule has 0 spiro atoms. The van der Waals surface area contributed by atoms with Gasteiger partial charge in [-0.3, -0.25) is 4.79 Å². The number of hydrogen-bond donors (Lipinski definition) is 1. The van der Waals surface area contributed by atoms with Crippen LogP contribution < -0.4 is 0 Å². The number of amides is 1. The minimum Gasteiger partial charge on any atom is -0.386 e. The van der Waals surface area contributed by atoms with Crippen LogP contribution in [0, 0.1) is 17.3 Å². The summed E-state index contributed by atoms with van der Waals surface area (Å²) in [6.07, 6.45) is 5.06. The Morgan fingerprint density at radius 3 is 2.76 bits per heavy atom. The summed E-state index contributed by atoms with van der Waals surface area (Å²) in [4.78, 5) is 14.1. The Kier molecular flexibility index (Phi) is 4.71. The minimum atomic E-state index is -0.601. The maximum Gasteiger partial charge on any atom is 0.254 e. The number of aliphatic hydroxyl groups is 1. The molecule has 0 saturated carbocycles. The van der Waals surface area contributed by atoms with Crippen molar-refractivity contribution in [2.45, 2.75) is 59.7 Å². The maximum atomic E-state index is 12.3. The highest BCUT2D eigenvalue weighted by molar-refractivity contribution is 6.00. The van der Waals surface area contributed by atoms with Crippen LogP contribution in [0.5, 0.6) is 0 Å². The van der Waals surface area contributed by atoms with Crippen LogP contribution in [0.25, 0.3) is 0 Å². The van der Waals surface area contributed by atoms with E-state index in [1.54, 1.807) is 4.90 Å². The second-order valence-electron chi connectivity index (χ2n) is 8.51. The van der Waals surface area contributed by atoms with Crippen LogP contribution in [0.3, 0.4) is 0 Å². The van der Waals surface area contributed by atoms with Gasteiger partial charge in [0.15, 0.2) is 0 Å². The molecule has 4 atom stereocenters. The summed E-state index contributed by atoms with van der Waals surface area (Å²) in [6.45, 7) is 11.4. The zero-order valence-corrected chi connectivity index (χ0v) is 16.3. The van der Waals surface area contributed by atoms with E-state index in [1.807, 2.05) is 20.0 Å². The average Bonchev–Trinajstić information content (AvgIpc) is 2.74. The molecule has 0 saturated heterocycles. The van der Waals surface area contributed by atoms with E-state index in [0.29, 0.717) is 12.5 Å². The number of likely N-dealkylation sites (N-methyl/N-ethyl adjacent to an activating group) is 1. The van der Waals surface area contributed by atoms with Crippen LogP contribution in [0.1, 0.15) is 47.5 Å². The molecule has 25 heavy (non-hydrogen) atoms. The molecule has 0 aromatic heterocycles. The summed E-state index contributed by atoms with van der Waals surface area (Å²) in [6, 6.07) is 0. The third kappa shape index (κ3) is 2.89. The Hall–Kier alpha value is -1.39. The van der Waals surface area contributed by atoms with Gasteiger partial charge in [-0.1, -0.05) is 27.7 Å². The predicted molar refractivity (Wildman–Crippen MR) is 98.7 cm³/mol. The number of fused-ring (bicyclic) bond motifs is 2. The molecule has 4 nitrogen and oxygen atoms in total. The fraction of sp³-hybridized carbons (Fsp3) is 0.667. The molecule has 0 radical (unpaired) electrons. The number of carbonyl (C=O) groups excluding carboxylic acids is 1.